The second-order valence-corrected chi connectivity index (χ2v) is 7.32. The van der Waals surface area contributed by atoms with Gasteiger partial charge in [0.1, 0.15) is 6.04 Å². The minimum atomic E-state index is -0.714. The van der Waals surface area contributed by atoms with E-state index in [0.717, 1.165) is 5.56 Å². The van der Waals surface area contributed by atoms with Crippen molar-refractivity contribution < 1.29 is 19.2 Å². The van der Waals surface area contributed by atoms with Gasteiger partial charge in [0.2, 0.25) is 6.79 Å². The third kappa shape index (κ3) is 4.20. The van der Waals surface area contributed by atoms with Crippen LogP contribution in [0.3, 0.4) is 0 Å². The average Bonchev–Trinajstić information content (AvgIpc) is 3.21. The summed E-state index contributed by atoms with van der Waals surface area (Å²) in [5.74, 6) is 0.926. The van der Waals surface area contributed by atoms with Crippen molar-refractivity contribution in [3.8, 4) is 11.5 Å². The third-order valence-electron chi connectivity index (χ3n) is 4.50. The van der Waals surface area contributed by atoms with Gasteiger partial charge >= 0.3 is 0 Å². The number of benzene rings is 3. The quantitative estimate of drug-likeness (QED) is 0.394. The zero-order valence-corrected chi connectivity index (χ0v) is 17.1. The highest BCUT2D eigenvalue weighted by Crippen LogP contribution is 2.35. The molecular weight excluding hydrogens is 454 g/mol. The maximum absolute atomic E-state index is 13.1. The lowest BCUT2D eigenvalue weighted by Gasteiger charge is -2.20. The van der Waals surface area contributed by atoms with E-state index in [1.165, 1.54) is 18.2 Å². The first-order valence-electron chi connectivity index (χ1n) is 8.97. The fourth-order valence-corrected chi connectivity index (χ4v) is 3.49. The number of rotatable bonds is 6. The number of amides is 1. The first-order chi connectivity index (χ1) is 14.5. The Morgan fingerprint density at radius 3 is 2.53 bits per heavy atom. The molecule has 0 fully saturated rings. The number of anilines is 2. The molecule has 1 aliphatic heterocycles. The number of nitrogens with one attached hydrogen (secondary N) is 2. The van der Waals surface area contributed by atoms with E-state index in [0.29, 0.717) is 27.3 Å². The van der Waals surface area contributed by atoms with Crippen LogP contribution in [0, 0.1) is 10.1 Å². The second kappa shape index (κ2) is 8.42. The highest BCUT2D eigenvalue weighted by molar-refractivity contribution is 9.10. The van der Waals surface area contributed by atoms with Crippen LogP contribution in [0.2, 0.25) is 0 Å². The average molecular weight is 470 g/mol. The summed E-state index contributed by atoms with van der Waals surface area (Å²) in [5, 5.41) is 17.0. The standard InChI is InChI=1S/C21H16BrN3O5/c22-16-11-15(25(27)28)7-8-17(16)24-21(26)20(13-4-2-1-3-5-13)23-14-6-9-18-19(10-14)30-12-29-18/h1-11,20,23H,12H2,(H,24,26)/t20-/m0/s1. The van der Waals surface area contributed by atoms with Crippen molar-refractivity contribution in [1.82, 2.24) is 0 Å². The van der Waals surface area contributed by atoms with Crippen molar-refractivity contribution in [3.05, 3.63) is 86.9 Å². The summed E-state index contributed by atoms with van der Waals surface area (Å²) in [6.45, 7) is 0.162. The Bertz CT molecular complexity index is 1110. The molecular formula is C21H16BrN3O5. The van der Waals surface area contributed by atoms with E-state index in [1.807, 2.05) is 30.3 Å². The van der Waals surface area contributed by atoms with Crippen molar-refractivity contribution in [2.24, 2.45) is 0 Å². The van der Waals surface area contributed by atoms with Crippen LogP contribution < -0.4 is 20.1 Å². The predicted molar refractivity (Wildman–Crippen MR) is 115 cm³/mol. The van der Waals surface area contributed by atoms with Crippen LogP contribution in [-0.4, -0.2) is 17.6 Å². The van der Waals surface area contributed by atoms with Crippen molar-refractivity contribution >= 4 is 38.9 Å². The molecule has 0 saturated heterocycles. The van der Waals surface area contributed by atoms with Crippen LogP contribution in [0.5, 0.6) is 11.5 Å². The van der Waals surface area contributed by atoms with Crippen molar-refractivity contribution in [2.45, 2.75) is 6.04 Å². The molecule has 4 rings (SSSR count). The number of hydrogen-bond acceptors (Lipinski definition) is 6. The van der Waals surface area contributed by atoms with Crippen molar-refractivity contribution in [2.75, 3.05) is 17.4 Å². The Kier molecular flexibility index (Phi) is 5.53. The van der Waals surface area contributed by atoms with Gasteiger partial charge in [-0.25, -0.2) is 0 Å². The molecule has 8 nitrogen and oxygen atoms in total. The summed E-state index contributed by atoms with van der Waals surface area (Å²) in [6.07, 6.45) is 0. The van der Waals surface area contributed by atoms with Gasteiger partial charge in [-0.3, -0.25) is 14.9 Å². The van der Waals surface area contributed by atoms with Gasteiger partial charge in [0.05, 0.1) is 10.6 Å². The van der Waals surface area contributed by atoms with Crippen LogP contribution in [0.1, 0.15) is 11.6 Å². The number of nitro groups is 1. The largest absolute Gasteiger partial charge is 0.454 e. The molecule has 0 aliphatic carbocycles. The molecule has 0 saturated carbocycles. The summed E-state index contributed by atoms with van der Waals surface area (Å²) in [5.41, 5.74) is 1.80. The van der Waals surface area contributed by atoms with Gasteiger partial charge < -0.3 is 20.1 Å². The Balaban J connectivity index is 1.60. The summed E-state index contributed by atoms with van der Waals surface area (Å²) in [4.78, 5) is 23.6. The number of halogens is 1. The van der Waals surface area contributed by atoms with Crippen LogP contribution in [0.25, 0.3) is 0 Å². The Morgan fingerprint density at radius 2 is 1.80 bits per heavy atom. The van der Waals surface area contributed by atoms with Crippen LogP contribution >= 0.6 is 15.9 Å². The number of fused-ring (bicyclic) bond motifs is 1. The first kappa shape index (κ1) is 19.7. The lowest BCUT2D eigenvalue weighted by atomic mass is 10.1. The molecule has 2 N–H and O–H groups in total. The minimum Gasteiger partial charge on any atom is -0.454 e. The highest BCUT2D eigenvalue weighted by atomic mass is 79.9. The smallest absolute Gasteiger partial charge is 0.270 e. The summed E-state index contributed by atoms with van der Waals surface area (Å²) < 4.78 is 11.1. The summed E-state index contributed by atoms with van der Waals surface area (Å²) >= 11 is 3.28. The summed E-state index contributed by atoms with van der Waals surface area (Å²) in [6, 6.07) is 18.1. The number of ether oxygens (including phenoxy) is 2. The van der Waals surface area contributed by atoms with Gasteiger partial charge in [-0.05, 0) is 39.7 Å². The molecule has 0 aromatic heterocycles. The van der Waals surface area contributed by atoms with E-state index in [4.69, 9.17) is 9.47 Å². The van der Waals surface area contributed by atoms with Gasteiger partial charge in [-0.1, -0.05) is 30.3 Å². The van der Waals surface area contributed by atoms with Crippen LogP contribution in [0.4, 0.5) is 17.1 Å². The lowest BCUT2D eigenvalue weighted by molar-refractivity contribution is -0.384. The molecule has 9 heteroatoms. The van der Waals surface area contributed by atoms with E-state index < -0.39 is 11.0 Å². The predicted octanol–water partition coefficient (Wildman–Crippen LogP) is 4.88. The molecule has 152 valence electrons. The normalized spacial score (nSPS) is 12.8. The second-order valence-electron chi connectivity index (χ2n) is 6.47. The molecule has 0 spiro atoms. The monoisotopic (exact) mass is 469 g/mol. The van der Waals surface area contributed by atoms with E-state index in [2.05, 4.69) is 26.6 Å². The van der Waals surface area contributed by atoms with Crippen LogP contribution in [-0.2, 0) is 4.79 Å². The van der Waals surface area contributed by atoms with Gasteiger partial charge in [-0.15, -0.1) is 0 Å². The molecule has 0 radical (unpaired) electrons. The number of nitro benzene ring substituents is 1. The van der Waals surface area contributed by atoms with Gasteiger partial charge in [0, 0.05) is 28.4 Å². The molecule has 0 unspecified atom stereocenters. The molecule has 0 bridgehead atoms. The van der Waals surface area contributed by atoms with Crippen molar-refractivity contribution in [3.63, 3.8) is 0 Å². The third-order valence-corrected chi connectivity index (χ3v) is 5.16. The molecule has 1 amide bonds. The number of hydrogen-bond donors (Lipinski definition) is 2. The Labute approximate surface area is 180 Å². The van der Waals surface area contributed by atoms with E-state index in [1.54, 1.807) is 18.2 Å². The fourth-order valence-electron chi connectivity index (χ4n) is 3.02. The van der Waals surface area contributed by atoms with E-state index >= 15 is 0 Å². The van der Waals surface area contributed by atoms with Crippen LogP contribution in [0.15, 0.2) is 71.2 Å². The highest BCUT2D eigenvalue weighted by Gasteiger charge is 2.23. The number of nitrogens with zero attached hydrogens (tertiary/aromatic N) is 1. The molecule has 3 aromatic carbocycles. The molecule has 3 aromatic rings. The maximum Gasteiger partial charge on any atom is 0.270 e. The Hall–Kier alpha value is -3.59. The zero-order chi connectivity index (χ0) is 21.1. The maximum atomic E-state index is 13.1. The molecule has 1 atom stereocenters. The number of non-ortho nitro benzene ring substituents is 1. The topological polar surface area (TPSA) is 103 Å². The van der Waals surface area contributed by atoms with Gasteiger partial charge in [0.15, 0.2) is 11.5 Å². The SMILES string of the molecule is O=C(Nc1ccc([N+](=O)[O-])cc1Br)[C@@H](Nc1ccc2c(c1)OCO2)c1ccccc1. The Morgan fingerprint density at radius 1 is 1.03 bits per heavy atom. The van der Waals surface area contributed by atoms with E-state index in [9.17, 15) is 14.9 Å². The molecule has 30 heavy (non-hydrogen) atoms. The first-order valence-corrected chi connectivity index (χ1v) is 9.76. The van der Waals surface area contributed by atoms with Gasteiger partial charge in [0.25, 0.3) is 11.6 Å². The summed E-state index contributed by atoms with van der Waals surface area (Å²) in [7, 11) is 0. The molecule has 1 aliphatic rings. The minimum absolute atomic E-state index is 0.0713. The fraction of sp³-hybridized carbons (Fsp3) is 0.0952. The lowest BCUT2D eigenvalue weighted by Crippen LogP contribution is -2.27. The zero-order valence-electron chi connectivity index (χ0n) is 15.5. The van der Waals surface area contributed by atoms with Crippen molar-refractivity contribution in [1.29, 1.82) is 0 Å². The number of carbonyl (C=O) groups is 1. The molecule has 1 heterocycles. The van der Waals surface area contributed by atoms with Gasteiger partial charge in [-0.2, -0.15) is 0 Å². The van der Waals surface area contributed by atoms with E-state index in [-0.39, 0.29) is 18.4 Å². The number of carbonyl (C=O) groups excluding carboxylic acids is 1.